The molecule has 0 unspecified atom stereocenters. The van der Waals surface area contributed by atoms with Crippen LogP contribution in [0.3, 0.4) is 0 Å². The normalized spacial score (nSPS) is 15.3. The van der Waals surface area contributed by atoms with Crippen molar-refractivity contribution >= 4 is 0 Å². The number of halogens is 8. The van der Waals surface area contributed by atoms with Crippen molar-refractivity contribution in [2.45, 2.75) is 30.6 Å². The minimum atomic E-state index is -6.26. The summed E-state index contributed by atoms with van der Waals surface area (Å²) in [6.07, 6.45) is 0.313. The van der Waals surface area contributed by atoms with Crippen molar-refractivity contribution in [1.82, 2.24) is 0 Å². The number of hydrogen-bond donors (Lipinski definition) is 0. The highest BCUT2D eigenvalue weighted by Crippen LogP contribution is 2.52. The van der Waals surface area contributed by atoms with Crippen molar-refractivity contribution in [3.05, 3.63) is 12.7 Å². The maximum absolute atomic E-state index is 12.4. The number of hydrogen-bond acceptors (Lipinski definition) is 0. The fraction of sp³-hybridized carbons (Fsp3) is 0.714. The van der Waals surface area contributed by atoms with E-state index in [9.17, 15) is 35.1 Å². The average Bonchev–Trinajstić information content (AvgIpc) is 2.01. The summed E-state index contributed by atoms with van der Waals surface area (Å²) < 4.78 is 98.0. The van der Waals surface area contributed by atoms with Crippen molar-refractivity contribution in [1.29, 1.82) is 0 Å². The van der Waals surface area contributed by atoms with Gasteiger partial charge in [-0.3, -0.25) is 0 Å². The molecule has 15 heavy (non-hydrogen) atoms. The van der Waals surface area contributed by atoms with Gasteiger partial charge in [-0.25, -0.2) is 0 Å². The molecule has 0 saturated heterocycles. The van der Waals surface area contributed by atoms with Gasteiger partial charge in [-0.15, -0.1) is 0 Å². The highest BCUT2D eigenvalue weighted by atomic mass is 19.4. The molecule has 0 spiro atoms. The predicted octanol–water partition coefficient (Wildman–Crippen LogP) is 3.54. The second-order valence-corrected chi connectivity index (χ2v) is 2.79. The third-order valence-electron chi connectivity index (χ3n) is 1.56. The molecule has 0 fully saturated rings. The lowest BCUT2D eigenvalue weighted by molar-refractivity contribution is -0.352. The molecule has 0 aliphatic heterocycles. The van der Waals surface area contributed by atoms with Gasteiger partial charge in [0.1, 0.15) is 0 Å². The van der Waals surface area contributed by atoms with Gasteiger partial charge in [-0.1, -0.05) is 6.58 Å². The first kappa shape index (κ1) is 14.2. The van der Waals surface area contributed by atoms with Crippen LogP contribution in [0, 0.1) is 6.08 Å². The van der Waals surface area contributed by atoms with E-state index in [2.05, 4.69) is 6.58 Å². The molecule has 0 aliphatic carbocycles. The van der Waals surface area contributed by atoms with E-state index in [0.29, 0.717) is 6.08 Å². The molecule has 1 radical (unpaired) electrons. The summed E-state index contributed by atoms with van der Waals surface area (Å²) in [5.74, 6) is -23.3. The Balaban J connectivity index is 5.47. The van der Waals surface area contributed by atoms with Crippen LogP contribution in [0.2, 0.25) is 0 Å². The largest absolute Gasteiger partial charge is 0.382 e. The molecular weight excluding hydrogens is 236 g/mol. The van der Waals surface area contributed by atoms with Crippen molar-refractivity contribution < 1.29 is 35.1 Å². The first-order valence-electron chi connectivity index (χ1n) is 3.37. The first-order chi connectivity index (χ1) is 6.31. The van der Waals surface area contributed by atoms with Gasteiger partial charge in [-0.2, -0.15) is 35.1 Å². The number of allylic oxidation sites excluding steroid dienone is 1. The Kier molecular flexibility index (Phi) is 3.16. The van der Waals surface area contributed by atoms with Crippen LogP contribution in [0.15, 0.2) is 6.58 Å². The summed E-state index contributed by atoms with van der Waals surface area (Å²) in [5.41, 5.74) is 0. The molecule has 0 aromatic rings. The van der Waals surface area contributed by atoms with Crippen LogP contribution < -0.4 is 0 Å². The summed E-state index contributed by atoms with van der Waals surface area (Å²) in [4.78, 5) is 0. The monoisotopic (exact) mass is 241 g/mol. The van der Waals surface area contributed by atoms with E-state index >= 15 is 0 Å². The topological polar surface area (TPSA) is 0 Å². The third-order valence-corrected chi connectivity index (χ3v) is 1.56. The van der Waals surface area contributed by atoms with Gasteiger partial charge in [0.25, 0.3) is 0 Å². The summed E-state index contributed by atoms with van der Waals surface area (Å²) in [7, 11) is 0. The molecular formula is C7H5F8. The molecule has 0 aromatic carbocycles. The maximum atomic E-state index is 12.4. The van der Waals surface area contributed by atoms with E-state index < -0.39 is 30.6 Å². The number of alkyl halides is 8. The van der Waals surface area contributed by atoms with Crippen molar-refractivity contribution in [3.63, 3.8) is 0 Å². The molecule has 8 heteroatoms. The zero-order valence-corrected chi connectivity index (χ0v) is 7.23. The fourth-order valence-corrected chi connectivity index (χ4v) is 0.584. The van der Waals surface area contributed by atoms with E-state index in [-0.39, 0.29) is 0 Å². The van der Waals surface area contributed by atoms with Crippen LogP contribution in [0.1, 0.15) is 6.92 Å². The second-order valence-electron chi connectivity index (χ2n) is 2.79. The van der Waals surface area contributed by atoms with Gasteiger partial charge >= 0.3 is 23.7 Å². The van der Waals surface area contributed by atoms with Gasteiger partial charge < -0.3 is 0 Å². The molecule has 0 heterocycles. The Morgan fingerprint density at radius 1 is 0.800 bits per heavy atom. The molecule has 0 amide bonds. The Bertz CT molecular complexity index is 248. The Morgan fingerprint density at radius 3 is 1.33 bits per heavy atom. The number of rotatable bonds is 4. The van der Waals surface area contributed by atoms with E-state index in [1.807, 2.05) is 0 Å². The van der Waals surface area contributed by atoms with Crippen molar-refractivity contribution in [2.24, 2.45) is 0 Å². The van der Waals surface area contributed by atoms with Crippen molar-refractivity contribution in [3.8, 4) is 0 Å². The first-order valence-corrected chi connectivity index (χ1v) is 3.37. The quantitative estimate of drug-likeness (QED) is 0.660. The summed E-state index contributed by atoms with van der Waals surface area (Å²) >= 11 is 0. The molecule has 0 bridgehead atoms. The van der Waals surface area contributed by atoms with E-state index in [1.165, 1.54) is 0 Å². The SMILES string of the molecule is C=[C]C(F)(F)C(F)(F)C(F)(F)C(C)(F)F. The molecule has 0 nitrogen and oxygen atoms in total. The average molecular weight is 241 g/mol. The van der Waals surface area contributed by atoms with Crippen LogP contribution in [0.5, 0.6) is 0 Å². The van der Waals surface area contributed by atoms with Gasteiger partial charge in [0.05, 0.1) is 0 Å². The second kappa shape index (κ2) is 3.34. The lowest BCUT2D eigenvalue weighted by atomic mass is 10.00. The predicted molar refractivity (Wildman–Crippen MR) is 34.3 cm³/mol. The summed E-state index contributed by atoms with van der Waals surface area (Å²) in [5, 5.41) is 0. The summed E-state index contributed by atoms with van der Waals surface area (Å²) in [6, 6.07) is 0. The lowest BCUT2D eigenvalue weighted by Gasteiger charge is -2.33. The highest BCUT2D eigenvalue weighted by Gasteiger charge is 2.78. The molecule has 0 aromatic heterocycles. The zero-order valence-electron chi connectivity index (χ0n) is 7.23. The Hall–Kier alpha value is -0.820. The zero-order chi connectivity index (χ0) is 12.7. The van der Waals surface area contributed by atoms with Crippen LogP contribution in [-0.2, 0) is 0 Å². The Morgan fingerprint density at radius 2 is 1.13 bits per heavy atom. The minimum absolute atomic E-state index is 0.313. The van der Waals surface area contributed by atoms with Gasteiger partial charge in [0, 0.05) is 13.0 Å². The molecule has 0 saturated carbocycles. The van der Waals surface area contributed by atoms with Crippen molar-refractivity contribution in [2.75, 3.05) is 0 Å². The van der Waals surface area contributed by atoms with Gasteiger partial charge in [0.15, 0.2) is 0 Å². The molecule has 0 aliphatic rings. The van der Waals surface area contributed by atoms with Crippen LogP contribution in [-0.4, -0.2) is 23.7 Å². The standard InChI is InChI=1S/C7H5F8/c1-3-5(10,11)7(14,15)6(12,13)4(2,8)9/h1H2,2H3. The van der Waals surface area contributed by atoms with E-state index in [4.69, 9.17) is 0 Å². The molecule has 89 valence electrons. The molecule has 0 rings (SSSR count). The summed E-state index contributed by atoms with van der Waals surface area (Å²) in [6.45, 7) is 1.48. The molecule has 0 N–H and O–H groups in total. The maximum Gasteiger partial charge on any atom is 0.382 e. The minimum Gasteiger partial charge on any atom is -0.200 e. The van der Waals surface area contributed by atoms with E-state index in [1.54, 1.807) is 0 Å². The van der Waals surface area contributed by atoms with Crippen LogP contribution >= 0.6 is 0 Å². The van der Waals surface area contributed by atoms with E-state index in [0.717, 1.165) is 0 Å². The van der Waals surface area contributed by atoms with Gasteiger partial charge in [-0.05, 0) is 0 Å². The van der Waals surface area contributed by atoms with Crippen LogP contribution in [0.25, 0.3) is 0 Å². The fourth-order valence-electron chi connectivity index (χ4n) is 0.584. The van der Waals surface area contributed by atoms with Gasteiger partial charge in [0.2, 0.25) is 0 Å². The Labute approximate surface area is 79.6 Å². The third kappa shape index (κ3) is 1.93. The highest BCUT2D eigenvalue weighted by molar-refractivity contribution is 5.05. The van der Waals surface area contributed by atoms with Crippen LogP contribution in [0.4, 0.5) is 35.1 Å². The smallest absolute Gasteiger partial charge is 0.200 e. The molecule has 0 atom stereocenters. The lowest BCUT2D eigenvalue weighted by Crippen LogP contribution is -2.60.